The quantitative estimate of drug-likeness (QED) is 0.818. The molecule has 2 aromatic rings. The summed E-state index contributed by atoms with van der Waals surface area (Å²) in [6.45, 7) is 6.10. The van der Waals surface area contributed by atoms with Crippen molar-refractivity contribution in [3.8, 4) is 0 Å². The molecule has 0 N–H and O–H groups in total. The first-order valence-electron chi connectivity index (χ1n) is 6.54. The van der Waals surface area contributed by atoms with E-state index in [0.29, 0.717) is 11.7 Å². The zero-order chi connectivity index (χ0) is 14.7. The van der Waals surface area contributed by atoms with Crippen molar-refractivity contribution >= 4 is 22.1 Å². The normalized spacial score (nSPS) is 14.4. The number of benzene rings is 1. The Hall–Kier alpha value is -1.07. The molecular weight excluding hydrogens is 293 g/mol. The molecule has 1 aromatic heterocycles. The molecule has 0 saturated heterocycles. The molecule has 108 valence electrons. The van der Waals surface area contributed by atoms with Gasteiger partial charge in [0.1, 0.15) is 5.82 Å². The van der Waals surface area contributed by atoms with Gasteiger partial charge in [-0.05, 0) is 24.6 Å². The van der Waals surface area contributed by atoms with Gasteiger partial charge in [-0.2, -0.15) is 0 Å². The molecule has 2 nitrogen and oxygen atoms in total. The number of nitrogens with zero attached hydrogens (tertiary/aromatic N) is 1. The molecular formula is C15H18FNOS2. The molecule has 2 rings (SSSR count). The van der Waals surface area contributed by atoms with Gasteiger partial charge in [0, 0.05) is 22.1 Å². The van der Waals surface area contributed by atoms with Crippen LogP contribution in [0.5, 0.6) is 0 Å². The molecule has 0 spiro atoms. The Bertz CT molecular complexity index is 592. The van der Waals surface area contributed by atoms with Gasteiger partial charge in [0.25, 0.3) is 0 Å². The summed E-state index contributed by atoms with van der Waals surface area (Å²) in [5.41, 5.74) is 1.77. The summed E-state index contributed by atoms with van der Waals surface area (Å²) in [5, 5.41) is 2.93. The largest absolute Gasteiger partial charge is 0.259 e. The molecule has 1 aromatic carbocycles. The first-order valence-corrected chi connectivity index (χ1v) is 8.80. The summed E-state index contributed by atoms with van der Waals surface area (Å²) >= 11 is 1.61. The second-order valence-corrected chi connectivity index (χ2v) is 7.70. The highest BCUT2D eigenvalue weighted by molar-refractivity contribution is 7.84. The summed E-state index contributed by atoms with van der Waals surface area (Å²) in [4.78, 5) is 4.51. The predicted molar refractivity (Wildman–Crippen MR) is 82.9 cm³/mol. The van der Waals surface area contributed by atoms with Crippen LogP contribution in [0, 0.1) is 5.82 Å². The van der Waals surface area contributed by atoms with E-state index in [9.17, 15) is 8.60 Å². The third-order valence-electron chi connectivity index (χ3n) is 3.09. The van der Waals surface area contributed by atoms with Crippen LogP contribution >= 0.6 is 11.3 Å². The van der Waals surface area contributed by atoms with Crippen LogP contribution in [0.1, 0.15) is 48.2 Å². The number of hydrogen-bond acceptors (Lipinski definition) is 3. The first-order chi connectivity index (χ1) is 9.47. The van der Waals surface area contributed by atoms with Gasteiger partial charge in [0.05, 0.1) is 21.7 Å². The number of rotatable bonds is 5. The second-order valence-electron chi connectivity index (χ2n) is 5.05. The molecule has 0 saturated carbocycles. The van der Waals surface area contributed by atoms with Crippen LogP contribution in [0.25, 0.3) is 0 Å². The zero-order valence-electron chi connectivity index (χ0n) is 11.8. The number of halogens is 1. The minimum Gasteiger partial charge on any atom is -0.259 e. The standard InChI is InChI=1S/C15H18FNOS2/c1-10(2)15-17-14(8-19-15)9-20(18)11(3)12-4-6-13(16)7-5-12/h4-8,10-11H,9H2,1-3H3/t11-,20-/m0/s1. The van der Waals surface area contributed by atoms with E-state index in [2.05, 4.69) is 18.8 Å². The van der Waals surface area contributed by atoms with E-state index in [1.54, 1.807) is 23.5 Å². The van der Waals surface area contributed by atoms with Gasteiger partial charge >= 0.3 is 0 Å². The van der Waals surface area contributed by atoms with Gasteiger partial charge in [-0.3, -0.25) is 4.21 Å². The third kappa shape index (κ3) is 3.73. The van der Waals surface area contributed by atoms with Crippen LogP contribution in [0.2, 0.25) is 0 Å². The van der Waals surface area contributed by atoms with Crippen LogP contribution in [0.3, 0.4) is 0 Å². The molecule has 0 radical (unpaired) electrons. The van der Waals surface area contributed by atoms with E-state index in [1.807, 2.05) is 12.3 Å². The van der Waals surface area contributed by atoms with Crippen molar-refractivity contribution in [1.82, 2.24) is 4.98 Å². The molecule has 5 heteroatoms. The lowest BCUT2D eigenvalue weighted by atomic mass is 10.2. The van der Waals surface area contributed by atoms with E-state index >= 15 is 0 Å². The Morgan fingerprint density at radius 1 is 1.25 bits per heavy atom. The summed E-state index contributed by atoms with van der Waals surface area (Å²) < 4.78 is 25.3. The van der Waals surface area contributed by atoms with E-state index < -0.39 is 10.8 Å². The van der Waals surface area contributed by atoms with Crippen molar-refractivity contribution in [3.63, 3.8) is 0 Å². The molecule has 0 bridgehead atoms. The lowest BCUT2D eigenvalue weighted by Crippen LogP contribution is -2.06. The van der Waals surface area contributed by atoms with E-state index in [4.69, 9.17) is 0 Å². The van der Waals surface area contributed by atoms with Gasteiger partial charge in [-0.25, -0.2) is 9.37 Å². The number of hydrogen-bond donors (Lipinski definition) is 0. The average molecular weight is 311 g/mol. The Morgan fingerprint density at radius 3 is 2.45 bits per heavy atom. The summed E-state index contributed by atoms with van der Waals surface area (Å²) in [6, 6.07) is 6.20. The van der Waals surface area contributed by atoms with Crippen molar-refractivity contribution in [2.45, 2.75) is 37.7 Å². The topological polar surface area (TPSA) is 30.0 Å². The Balaban J connectivity index is 2.05. The summed E-state index contributed by atoms with van der Waals surface area (Å²) in [6.07, 6.45) is 0. The van der Waals surface area contributed by atoms with Crippen LogP contribution in [-0.4, -0.2) is 9.19 Å². The van der Waals surface area contributed by atoms with Crippen molar-refractivity contribution < 1.29 is 8.60 Å². The summed E-state index contributed by atoms with van der Waals surface area (Å²) in [5.74, 6) is 0.575. The number of thiazole rings is 1. The van der Waals surface area contributed by atoms with E-state index in [0.717, 1.165) is 16.3 Å². The summed E-state index contributed by atoms with van der Waals surface area (Å²) in [7, 11) is -1.05. The highest BCUT2D eigenvalue weighted by Gasteiger charge is 2.16. The maximum Gasteiger partial charge on any atom is 0.123 e. The molecule has 20 heavy (non-hydrogen) atoms. The lowest BCUT2D eigenvalue weighted by Gasteiger charge is -2.11. The highest BCUT2D eigenvalue weighted by atomic mass is 32.2. The fourth-order valence-electron chi connectivity index (χ4n) is 1.81. The van der Waals surface area contributed by atoms with Crippen LogP contribution in [0.4, 0.5) is 4.39 Å². The SMILES string of the molecule is CC(C)c1nc(C[S@](=O)[C@@H](C)c2ccc(F)cc2)cs1. The van der Waals surface area contributed by atoms with Crippen molar-refractivity contribution in [3.05, 3.63) is 51.7 Å². The molecule has 2 atom stereocenters. The fourth-order valence-corrected chi connectivity index (χ4v) is 3.90. The van der Waals surface area contributed by atoms with Crippen LogP contribution < -0.4 is 0 Å². The lowest BCUT2D eigenvalue weighted by molar-refractivity contribution is 0.626. The Labute approximate surface area is 125 Å². The molecule has 0 aliphatic heterocycles. The molecule has 0 fully saturated rings. The molecule has 1 heterocycles. The average Bonchev–Trinajstić information content (AvgIpc) is 2.87. The Morgan fingerprint density at radius 2 is 1.90 bits per heavy atom. The van der Waals surface area contributed by atoms with Crippen LogP contribution in [0.15, 0.2) is 29.6 Å². The zero-order valence-corrected chi connectivity index (χ0v) is 13.4. The maximum atomic E-state index is 12.9. The molecule has 0 aliphatic carbocycles. The third-order valence-corrected chi connectivity index (χ3v) is 5.92. The second kappa shape index (κ2) is 6.59. The minimum atomic E-state index is -1.05. The molecule has 0 amide bonds. The van der Waals surface area contributed by atoms with Gasteiger partial charge in [-0.15, -0.1) is 11.3 Å². The minimum absolute atomic E-state index is 0.125. The molecule has 0 aliphatic rings. The predicted octanol–water partition coefficient (Wildman–Crippen LogP) is 4.42. The van der Waals surface area contributed by atoms with Gasteiger partial charge in [0.2, 0.25) is 0 Å². The van der Waals surface area contributed by atoms with E-state index in [1.165, 1.54) is 12.1 Å². The smallest absolute Gasteiger partial charge is 0.123 e. The maximum absolute atomic E-state index is 12.9. The monoisotopic (exact) mass is 311 g/mol. The van der Waals surface area contributed by atoms with Gasteiger partial charge in [0.15, 0.2) is 0 Å². The van der Waals surface area contributed by atoms with Crippen molar-refractivity contribution in [2.75, 3.05) is 0 Å². The molecule has 0 unspecified atom stereocenters. The van der Waals surface area contributed by atoms with Crippen molar-refractivity contribution in [2.24, 2.45) is 0 Å². The van der Waals surface area contributed by atoms with Gasteiger partial charge < -0.3 is 0 Å². The van der Waals surface area contributed by atoms with Crippen LogP contribution in [-0.2, 0) is 16.6 Å². The Kier molecular flexibility index (Phi) is 5.05. The first kappa shape index (κ1) is 15.3. The van der Waals surface area contributed by atoms with E-state index in [-0.39, 0.29) is 11.1 Å². The van der Waals surface area contributed by atoms with Crippen molar-refractivity contribution in [1.29, 1.82) is 0 Å². The highest BCUT2D eigenvalue weighted by Crippen LogP contribution is 2.24. The number of aromatic nitrogens is 1. The van der Waals surface area contributed by atoms with Gasteiger partial charge in [-0.1, -0.05) is 26.0 Å². The fraction of sp³-hybridized carbons (Fsp3) is 0.400.